The highest BCUT2D eigenvalue weighted by molar-refractivity contribution is 6.52. The number of nitrogens with zero attached hydrogens (tertiary/aromatic N) is 1. The first-order valence-corrected chi connectivity index (χ1v) is 11.8. The van der Waals surface area contributed by atoms with Gasteiger partial charge in [-0.25, -0.2) is 0 Å². The molecule has 190 valence electrons. The highest BCUT2D eigenvalue weighted by Crippen LogP contribution is 2.43. The number of ether oxygens (including phenoxy) is 2. The number of carbonyl (C=O) groups is 3. The number of anilines is 1. The van der Waals surface area contributed by atoms with E-state index in [1.54, 1.807) is 49.4 Å². The maximum absolute atomic E-state index is 13.3. The van der Waals surface area contributed by atoms with Crippen molar-refractivity contribution in [3.8, 4) is 11.5 Å². The normalized spacial score (nSPS) is 16.6. The zero-order valence-electron chi connectivity index (χ0n) is 20.1. The molecule has 1 aliphatic rings. The van der Waals surface area contributed by atoms with Gasteiger partial charge in [-0.1, -0.05) is 35.9 Å². The molecule has 3 aromatic carbocycles. The molecule has 0 aromatic heterocycles. The van der Waals surface area contributed by atoms with Gasteiger partial charge < -0.3 is 19.7 Å². The molecule has 0 bridgehead atoms. The molecule has 1 atom stereocenters. The standard InChI is InChI=1S/C28H24ClNO7/c1-3-37-20-12-13-22(29)21(15-20)26(33)24-25(17-6-10-19(31)11-7-17)30(28(35)27(24)34)18-8-4-16(5-9-18)14-23(32)36-2/h4-13,15,25,31,33H,3,14H2,1-2H3/b26-24+. The van der Waals surface area contributed by atoms with Crippen molar-refractivity contribution in [3.63, 3.8) is 0 Å². The summed E-state index contributed by atoms with van der Waals surface area (Å²) >= 11 is 6.36. The smallest absolute Gasteiger partial charge is 0.309 e. The van der Waals surface area contributed by atoms with E-state index in [1.807, 2.05) is 0 Å². The molecule has 0 radical (unpaired) electrons. The first kappa shape index (κ1) is 25.8. The van der Waals surface area contributed by atoms with Gasteiger partial charge in [-0.15, -0.1) is 0 Å². The van der Waals surface area contributed by atoms with E-state index in [4.69, 9.17) is 21.1 Å². The fourth-order valence-corrected chi connectivity index (χ4v) is 4.38. The van der Waals surface area contributed by atoms with Crippen LogP contribution in [0.5, 0.6) is 11.5 Å². The molecule has 0 spiro atoms. The van der Waals surface area contributed by atoms with Crippen LogP contribution >= 0.6 is 11.6 Å². The Kier molecular flexibility index (Phi) is 7.50. The number of aromatic hydroxyl groups is 1. The lowest BCUT2D eigenvalue weighted by atomic mass is 9.95. The van der Waals surface area contributed by atoms with E-state index in [0.717, 1.165) is 0 Å². The monoisotopic (exact) mass is 521 g/mol. The molecule has 8 nitrogen and oxygen atoms in total. The van der Waals surface area contributed by atoms with Crippen molar-refractivity contribution < 1.29 is 34.1 Å². The molecule has 0 saturated carbocycles. The van der Waals surface area contributed by atoms with Crippen LogP contribution in [0.1, 0.15) is 29.7 Å². The van der Waals surface area contributed by atoms with Crippen molar-refractivity contribution in [2.75, 3.05) is 18.6 Å². The SMILES string of the molecule is CCOc1ccc(Cl)c(/C(O)=C2\C(=O)C(=O)N(c3ccc(CC(=O)OC)cc3)C2c2ccc(O)cc2)c1. The van der Waals surface area contributed by atoms with Crippen molar-refractivity contribution in [2.24, 2.45) is 0 Å². The number of phenolic OH excluding ortho intramolecular Hbond substituents is 1. The Morgan fingerprint density at radius 1 is 1.03 bits per heavy atom. The Balaban J connectivity index is 1.87. The molecular formula is C28H24ClNO7. The minimum Gasteiger partial charge on any atom is -0.508 e. The van der Waals surface area contributed by atoms with E-state index >= 15 is 0 Å². The number of aliphatic hydroxyl groups excluding tert-OH is 1. The van der Waals surface area contributed by atoms with Crippen molar-refractivity contribution in [3.05, 3.63) is 94.0 Å². The van der Waals surface area contributed by atoms with E-state index in [1.165, 1.54) is 36.3 Å². The second kappa shape index (κ2) is 10.8. The summed E-state index contributed by atoms with van der Waals surface area (Å²) in [6.45, 7) is 2.19. The summed E-state index contributed by atoms with van der Waals surface area (Å²) in [4.78, 5) is 39.5. The Bertz CT molecular complexity index is 1380. The maximum Gasteiger partial charge on any atom is 0.309 e. The Hall–Kier alpha value is -4.30. The Labute approximate surface area is 218 Å². The number of carbonyl (C=O) groups excluding carboxylic acids is 3. The molecule has 0 aliphatic carbocycles. The second-order valence-corrected chi connectivity index (χ2v) is 8.66. The van der Waals surface area contributed by atoms with Gasteiger partial charge in [0.15, 0.2) is 0 Å². The fraction of sp³-hybridized carbons (Fsp3) is 0.179. The van der Waals surface area contributed by atoms with Crippen LogP contribution in [0.15, 0.2) is 72.3 Å². The number of halogens is 1. The van der Waals surface area contributed by atoms with Gasteiger partial charge in [0.25, 0.3) is 11.7 Å². The van der Waals surface area contributed by atoms with Gasteiger partial charge in [-0.05, 0) is 60.5 Å². The quantitative estimate of drug-likeness (QED) is 0.199. The van der Waals surface area contributed by atoms with Crippen LogP contribution in [-0.2, 0) is 25.5 Å². The number of rotatable bonds is 7. The molecule has 1 fully saturated rings. The Morgan fingerprint density at radius 2 is 1.70 bits per heavy atom. The first-order valence-electron chi connectivity index (χ1n) is 11.4. The van der Waals surface area contributed by atoms with Gasteiger partial charge in [0.2, 0.25) is 0 Å². The number of phenols is 1. The number of Topliss-reactive ketones (excluding diaryl/α,β-unsaturated/α-hetero) is 1. The number of esters is 1. The lowest BCUT2D eigenvalue weighted by Gasteiger charge is -2.25. The van der Waals surface area contributed by atoms with Crippen LogP contribution in [-0.4, -0.2) is 41.6 Å². The van der Waals surface area contributed by atoms with Gasteiger partial charge in [-0.3, -0.25) is 19.3 Å². The third-order valence-corrected chi connectivity index (χ3v) is 6.28. The van der Waals surface area contributed by atoms with E-state index in [9.17, 15) is 24.6 Å². The van der Waals surface area contributed by atoms with Gasteiger partial charge in [0.1, 0.15) is 17.3 Å². The van der Waals surface area contributed by atoms with Crippen LogP contribution in [0.4, 0.5) is 5.69 Å². The summed E-state index contributed by atoms with van der Waals surface area (Å²) in [6.07, 6.45) is 0.0473. The van der Waals surface area contributed by atoms with Crippen LogP contribution in [0.2, 0.25) is 5.02 Å². The number of amides is 1. The van der Waals surface area contributed by atoms with E-state index in [2.05, 4.69) is 0 Å². The number of methoxy groups -OCH3 is 1. The minimum absolute atomic E-state index is 0.000301. The van der Waals surface area contributed by atoms with Gasteiger partial charge in [0.05, 0.1) is 36.8 Å². The number of benzene rings is 3. The molecular weight excluding hydrogens is 498 g/mol. The molecule has 3 aromatic rings. The third kappa shape index (κ3) is 5.15. The second-order valence-electron chi connectivity index (χ2n) is 8.25. The van der Waals surface area contributed by atoms with Crippen LogP contribution in [0.3, 0.4) is 0 Å². The minimum atomic E-state index is -1.01. The van der Waals surface area contributed by atoms with Gasteiger partial charge in [0, 0.05) is 11.3 Å². The van der Waals surface area contributed by atoms with Crippen molar-refractivity contribution in [1.29, 1.82) is 0 Å². The highest BCUT2D eigenvalue weighted by Gasteiger charge is 2.47. The molecule has 37 heavy (non-hydrogen) atoms. The summed E-state index contributed by atoms with van der Waals surface area (Å²) in [6, 6.07) is 16.2. The molecule has 1 amide bonds. The van der Waals surface area contributed by atoms with Crippen LogP contribution < -0.4 is 9.64 Å². The number of ketones is 1. The van der Waals surface area contributed by atoms with Crippen molar-refractivity contribution >= 4 is 40.7 Å². The van der Waals surface area contributed by atoms with Crippen molar-refractivity contribution in [1.82, 2.24) is 0 Å². The topological polar surface area (TPSA) is 113 Å². The predicted octanol–water partition coefficient (Wildman–Crippen LogP) is 4.79. The van der Waals surface area contributed by atoms with Gasteiger partial charge in [-0.2, -0.15) is 0 Å². The lowest BCUT2D eigenvalue weighted by molar-refractivity contribution is -0.139. The predicted molar refractivity (Wildman–Crippen MR) is 138 cm³/mol. The summed E-state index contributed by atoms with van der Waals surface area (Å²) in [5.41, 5.74) is 1.50. The highest BCUT2D eigenvalue weighted by atomic mass is 35.5. The van der Waals surface area contributed by atoms with E-state index in [0.29, 0.717) is 29.2 Å². The molecule has 1 aliphatic heterocycles. The lowest BCUT2D eigenvalue weighted by Crippen LogP contribution is -2.29. The zero-order chi connectivity index (χ0) is 26.7. The molecule has 1 saturated heterocycles. The largest absolute Gasteiger partial charge is 0.508 e. The first-order chi connectivity index (χ1) is 17.7. The van der Waals surface area contributed by atoms with E-state index in [-0.39, 0.29) is 28.3 Å². The molecule has 1 unspecified atom stereocenters. The average Bonchev–Trinajstić information content (AvgIpc) is 3.16. The zero-order valence-corrected chi connectivity index (χ0v) is 20.9. The number of hydrogen-bond acceptors (Lipinski definition) is 7. The average molecular weight is 522 g/mol. The summed E-state index contributed by atoms with van der Waals surface area (Å²) < 4.78 is 10.2. The summed E-state index contributed by atoms with van der Waals surface area (Å²) in [5.74, 6) is -2.17. The molecule has 2 N–H and O–H groups in total. The summed E-state index contributed by atoms with van der Waals surface area (Å²) in [5, 5.41) is 21.3. The third-order valence-electron chi connectivity index (χ3n) is 5.95. The molecule has 4 rings (SSSR count). The summed E-state index contributed by atoms with van der Waals surface area (Å²) in [7, 11) is 1.30. The van der Waals surface area contributed by atoms with E-state index < -0.39 is 29.5 Å². The fourth-order valence-electron chi connectivity index (χ4n) is 4.17. The van der Waals surface area contributed by atoms with Crippen LogP contribution in [0, 0.1) is 0 Å². The maximum atomic E-state index is 13.3. The molecule has 9 heteroatoms. The number of aliphatic hydroxyl groups is 1. The Morgan fingerprint density at radius 3 is 2.32 bits per heavy atom. The molecule has 1 heterocycles. The number of hydrogen-bond donors (Lipinski definition) is 2. The van der Waals surface area contributed by atoms with Crippen molar-refractivity contribution in [2.45, 2.75) is 19.4 Å². The van der Waals surface area contributed by atoms with Gasteiger partial charge >= 0.3 is 5.97 Å². The van der Waals surface area contributed by atoms with Crippen LogP contribution in [0.25, 0.3) is 5.76 Å².